The zero-order valence-electron chi connectivity index (χ0n) is 12.2. The van der Waals surface area contributed by atoms with Crippen molar-refractivity contribution in [1.82, 2.24) is 0 Å². The highest BCUT2D eigenvalue weighted by Crippen LogP contribution is 2.31. The van der Waals surface area contributed by atoms with Crippen LogP contribution in [-0.4, -0.2) is 31.9 Å². The number of hydrogen-bond acceptors (Lipinski definition) is 4. The van der Waals surface area contributed by atoms with Crippen molar-refractivity contribution in [2.45, 2.75) is 25.9 Å². The molecular formula is C16H22N2O2. The van der Waals surface area contributed by atoms with Gasteiger partial charge in [-0.15, -0.1) is 0 Å². The third-order valence-corrected chi connectivity index (χ3v) is 3.87. The maximum atomic E-state index is 9.93. The lowest BCUT2D eigenvalue weighted by Gasteiger charge is -2.35. The molecule has 1 aromatic rings. The minimum Gasteiger partial charge on any atom is -0.389 e. The number of aliphatic hydroxyl groups is 1. The van der Waals surface area contributed by atoms with E-state index in [4.69, 9.17) is 10.00 Å². The van der Waals surface area contributed by atoms with Crippen LogP contribution in [0.25, 0.3) is 0 Å². The Morgan fingerprint density at radius 1 is 1.55 bits per heavy atom. The molecule has 1 aliphatic rings. The van der Waals surface area contributed by atoms with Gasteiger partial charge < -0.3 is 14.7 Å². The van der Waals surface area contributed by atoms with Crippen LogP contribution in [0.1, 0.15) is 37.0 Å². The fraction of sp³-hybridized carbons (Fsp3) is 0.562. The second-order valence-corrected chi connectivity index (χ2v) is 5.47. The van der Waals surface area contributed by atoms with Gasteiger partial charge in [0.05, 0.1) is 24.3 Å². The molecule has 0 bridgehead atoms. The van der Waals surface area contributed by atoms with E-state index in [1.54, 1.807) is 20.1 Å². The topological polar surface area (TPSA) is 56.5 Å². The number of nitriles is 1. The molecular weight excluding hydrogens is 252 g/mol. The standard InChI is InChI=1S/C16H22N2O2/c1-12(19)15-6-5-13(9-17)8-16(15)18-7-3-4-14(10-18)11-20-2/h5-6,8,12,14,19H,3-4,7,10-11H2,1-2H3/t12-,14?/m1/s1. The van der Waals surface area contributed by atoms with Gasteiger partial charge in [0.1, 0.15) is 0 Å². The summed E-state index contributed by atoms with van der Waals surface area (Å²) in [5, 5.41) is 19.0. The van der Waals surface area contributed by atoms with Crippen LogP contribution in [0.4, 0.5) is 5.69 Å². The molecule has 2 atom stereocenters. The number of anilines is 1. The van der Waals surface area contributed by atoms with Gasteiger partial charge in [-0.1, -0.05) is 6.07 Å². The minimum absolute atomic E-state index is 0.515. The quantitative estimate of drug-likeness (QED) is 0.916. The van der Waals surface area contributed by atoms with Crippen LogP contribution in [-0.2, 0) is 4.74 Å². The van der Waals surface area contributed by atoms with Gasteiger partial charge in [0.25, 0.3) is 0 Å². The second-order valence-electron chi connectivity index (χ2n) is 5.47. The van der Waals surface area contributed by atoms with Crippen LogP contribution in [0.5, 0.6) is 0 Å². The van der Waals surface area contributed by atoms with Gasteiger partial charge in [0, 0.05) is 31.5 Å². The summed E-state index contributed by atoms with van der Waals surface area (Å²) in [7, 11) is 1.73. The van der Waals surface area contributed by atoms with Crippen molar-refractivity contribution in [3.8, 4) is 6.07 Å². The van der Waals surface area contributed by atoms with Gasteiger partial charge in [0.15, 0.2) is 0 Å². The highest BCUT2D eigenvalue weighted by atomic mass is 16.5. The molecule has 0 aliphatic carbocycles. The van der Waals surface area contributed by atoms with Crippen LogP contribution in [0, 0.1) is 17.2 Å². The number of nitrogens with zero attached hydrogens (tertiary/aromatic N) is 2. The van der Waals surface area contributed by atoms with E-state index in [2.05, 4.69) is 11.0 Å². The first-order valence-electron chi connectivity index (χ1n) is 7.11. The van der Waals surface area contributed by atoms with Crippen LogP contribution in [0.2, 0.25) is 0 Å². The Bertz CT molecular complexity index is 492. The summed E-state index contributed by atoms with van der Waals surface area (Å²) in [5.41, 5.74) is 2.51. The monoisotopic (exact) mass is 274 g/mol. The summed E-state index contributed by atoms with van der Waals surface area (Å²) in [6, 6.07) is 7.69. The fourth-order valence-corrected chi connectivity index (χ4v) is 2.90. The summed E-state index contributed by atoms with van der Waals surface area (Å²) in [6.45, 7) is 4.41. The van der Waals surface area contributed by atoms with Crippen molar-refractivity contribution in [3.05, 3.63) is 29.3 Å². The van der Waals surface area contributed by atoms with E-state index in [1.165, 1.54) is 6.42 Å². The van der Waals surface area contributed by atoms with Crippen molar-refractivity contribution in [3.63, 3.8) is 0 Å². The first kappa shape index (κ1) is 14.8. The number of piperidine rings is 1. The lowest BCUT2D eigenvalue weighted by molar-refractivity contribution is 0.143. The normalized spacial score (nSPS) is 20.5. The Morgan fingerprint density at radius 2 is 2.35 bits per heavy atom. The van der Waals surface area contributed by atoms with Gasteiger partial charge in [0.2, 0.25) is 0 Å². The smallest absolute Gasteiger partial charge is 0.0992 e. The molecule has 1 unspecified atom stereocenters. The molecule has 0 spiro atoms. The van der Waals surface area contributed by atoms with Crippen molar-refractivity contribution in [1.29, 1.82) is 5.26 Å². The lowest BCUT2D eigenvalue weighted by Crippen LogP contribution is -2.37. The summed E-state index contributed by atoms with van der Waals surface area (Å²) < 4.78 is 5.26. The van der Waals surface area contributed by atoms with E-state index in [-0.39, 0.29) is 0 Å². The third kappa shape index (κ3) is 3.30. The molecule has 1 aliphatic heterocycles. The molecule has 0 radical (unpaired) electrons. The van der Waals surface area contributed by atoms with Crippen LogP contribution in [0.3, 0.4) is 0 Å². The SMILES string of the molecule is COCC1CCCN(c2cc(C#N)ccc2[C@@H](C)O)C1. The number of aliphatic hydroxyl groups excluding tert-OH is 1. The Hall–Kier alpha value is -1.57. The first-order valence-corrected chi connectivity index (χ1v) is 7.11. The molecule has 0 amide bonds. The molecule has 0 saturated carbocycles. The Kier molecular flexibility index (Phi) is 4.99. The summed E-state index contributed by atoms with van der Waals surface area (Å²) in [5.74, 6) is 0.515. The predicted octanol–water partition coefficient (Wildman–Crippen LogP) is 2.47. The van der Waals surface area contributed by atoms with Gasteiger partial charge in [-0.2, -0.15) is 5.26 Å². The van der Waals surface area contributed by atoms with Gasteiger partial charge >= 0.3 is 0 Å². The predicted molar refractivity (Wildman–Crippen MR) is 78.6 cm³/mol. The summed E-state index contributed by atoms with van der Waals surface area (Å²) >= 11 is 0. The Morgan fingerprint density at radius 3 is 3.00 bits per heavy atom. The average Bonchev–Trinajstić information content (AvgIpc) is 2.47. The van der Waals surface area contributed by atoms with Crippen molar-refractivity contribution in [2.24, 2.45) is 5.92 Å². The molecule has 4 heteroatoms. The molecule has 1 N–H and O–H groups in total. The molecule has 1 fully saturated rings. The Labute approximate surface area is 120 Å². The lowest BCUT2D eigenvalue weighted by atomic mass is 9.96. The number of methoxy groups -OCH3 is 1. The zero-order valence-corrected chi connectivity index (χ0v) is 12.2. The molecule has 2 rings (SSSR count). The minimum atomic E-state index is -0.527. The van der Waals surface area contributed by atoms with Gasteiger partial charge in [-0.3, -0.25) is 0 Å². The van der Waals surface area contributed by atoms with Crippen LogP contribution in [0.15, 0.2) is 18.2 Å². The fourth-order valence-electron chi connectivity index (χ4n) is 2.90. The van der Waals surface area contributed by atoms with Crippen molar-refractivity contribution < 1.29 is 9.84 Å². The molecule has 1 heterocycles. The second kappa shape index (κ2) is 6.74. The van der Waals surface area contributed by atoms with E-state index < -0.39 is 6.10 Å². The van der Waals surface area contributed by atoms with Crippen LogP contribution >= 0.6 is 0 Å². The number of ether oxygens (including phenoxy) is 1. The Balaban J connectivity index is 2.27. The maximum absolute atomic E-state index is 9.93. The van der Waals surface area contributed by atoms with Crippen LogP contribution < -0.4 is 4.90 Å². The molecule has 4 nitrogen and oxygen atoms in total. The molecule has 108 valence electrons. The van der Waals surface area contributed by atoms with E-state index in [1.807, 2.05) is 12.1 Å². The first-order chi connectivity index (χ1) is 9.65. The highest BCUT2D eigenvalue weighted by molar-refractivity contribution is 5.58. The maximum Gasteiger partial charge on any atom is 0.0992 e. The summed E-state index contributed by atoms with van der Waals surface area (Å²) in [4.78, 5) is 2.27. The number of hydrogen-bond donors (Lipinski definition) is 1. The van der Waals surface area contributed by atoms with E-state index in [0.717, 1.165) is 37.4 Å². The largest absolute Gasteiger partial charge is 0.389 e. The highest BCUT2D eigenvalue weighted by Gasteiger charge is 2.23. The zero-order chi connectivity index (χ0) is 14.5. The molecule has 1 aromatic carbocycles. The van der Waals surface area contributed by atoms with E-state index in [0.29, 0.717) is 11.5 Å². The average molecular weight is 274 g/mol. The molecule has 1 saturated heterocycles. The molecule has 0 aromatic heterocycles. The van der Waals surface area contributed by atoms with E-state index in [9.17, 15) is 5.11 Å². The molecule has 20 heavy (non-hydrogen) atoms. The third-order valence-electron chi connectivity index (χ3n) is 3.87. The van der Waals surface area contributed by atoms with E-state index >= 15 is 0 Å². The number of benzene rings is 1. The van der Waals surface area contributed by atoms with Crippen molar-refractivity contribution in [2.75, 3.05) is 31.7 Å². The van der Waals surface area contributed by atoms with Gasteiger partial charge in [-0.25, -0.2) is 0 Å². The van der Waals surface area contributed by atoms with Gasteiger partial charge in [-0.05, 0) is 37.8 Å². The summed E-state index contributed by atoms with van der Waals surface area (Å²) in [6.07, 6.45) is 1.76. The number of rotatable bonds is 4. The van der Waals surface area contributed by atoms with Crippen molar-refractivity contribution >= 4 is 5.69 Å².